The van der Waals surface area contributed by atoms with E-state index in [4.69, 9.17) is 12.2 Å². The first kappa shape index (κ1) is 17.2. The molecule has 1 N–H and O–H groups in total. The van der Waals surface area contributed by atoms with Gasteiger partial charge in [0.25, 0.3) is 0 Å². The number of rotatable bonds is 6. The molecule has 0 fully saturated rings. The van der Waals surface area contributed by atoms with Gasteiger partial charge in [-0.25, -0.2) is 9.97 Å². The molecule has 8 heteroatoms. The highest BCUT2D eigenvalue weighted by Gasteiger charge is 2.10. The average Bonchev–Trinajstić information content (AvgIpc) is 2.94. The maximum atomic E-state index is 5.37. The lowest BCUT2D eigenvalue weighted by Crippen LogP contribution is -2.00. The third-order valence-corrected chi connectivity index (χ3v) is 5.10. The Morgan fingerprint density at radius 3 is 2.71 bits per heavy atom. The fraction of sp³-hybridized carbons (Fsp3) is 0.250. The number of H-pyrrole nitrogens is 1. The largest absolute Gasteiger partial charge is 0.271 e. The van der Waals surface area contributed by atoms with E-state index in [1.165, 1.54) is 0 Å². The van der Waals surface area contributed by atoms with Crippen molar-refractivity contribution in [1.82, 2.24) is 24.7 Å². The van der Waals surface area contributed by atoms with Crippen LogP contribution in [-0.4, -0.2) is 30.5 Å². The Hall–Kier alpha value is -1.64. The standard InChI is InChI=1S/C16H17N5S3/c1-3-23-15-17-11(2)9-14(18-15)24-10-13-19-20-16(22)21(13)12-7-5-4-6-8-12/h4-9H,3,10H2,1-2H3,(H,20,22). The minimum absolute atomic E-state index is 0.595. The minimum atomic E-state index is 0.595. The van der Waals surface area contributed by atoms with E-state index in [1.807, 2.05) is 47.9 Å². The summed E-state index contributed by atoms with van der Waals surface area (Å²) in [4.78, 5) is 9.03. The van der Waals surface area contributed by atoms with E-state index in [9.17, 15) is 0 Å². The Kier molecular flexibility index (Phi) is 5.70. The summed E-state index contributed by atoms with van der Waals surface area (Å²) in [6.07, 6.45) is 0. The number of aromatic amines is 1. The Morgan fingerprint density at radius 2 is 1.96 bits per heavy atom. The number of aryl methyl sites for hydroxylation is 1. The lowest BCUT2D eigenvalue weighted by molar-refractivity contribution is 0.862. The van der Waals surface area contributed by atoms with Gasteiger partial charge < -0.3 is 0 Å². The topological polar surface area (TPSA) is 59.4 Å². The van der Waals surface area contributed by atoms with Crippen LogP contribution in [0.2, 0.25) is 0 Å². The van der Waals surface area contributed by atoms with Crippen LogP contribution < -0.4 is 0 Å². The maximum Gasteiger partial charge on any atom is 0.199 e. The second-order valence-corrected chi connectivity index (χ2v) is 7.58. The molecule has 3 aromatic rings. The van der Waals surface area contributed by atoms with E-state index in [0.29, 0.717) is 10.5 Å². The van der Waals surface area contributed by atoms with Crippen LogP contribution in [0, 0.1) is 11.7 Å². The van der Waals surface area contributed by atoms with E-state index in [-0.39, 0.29) is 0 Å². The van der Waals surface area contributed by atoms with E-state index in [1.54, 1.807) is 23.5 Å². The smallest absolute Gasteiger partial charge is 0.199 e. The molecule has 0 aliphatic rings. The summed E-state index contributed by atoms with van der Waals surface area (Å²) < 4.78 is 2.55. The summed E-state index contributed by atoms with van der Waals surface area (Å²) in [6, 6.07) is 12.0. The molecule has 0 aliphatic carbocycles. The van der Waals surface area contributed by atoms with Crippen LogP contribution in [0.3, 0.4) is 0 Å². The molecule has 0 saturated heterocycles. The van der Waals surface area contributed by atoms with Crippen molar-refractivity contribution in [2.45, 2.75) is 29.8 Å². The van der Waals surface area contributed by atoms with Crippen LogP contribution >= 0.6 is 35.7 Å². The first-order chi connectivity index (χ1) is 11.7. The predicted molar refractivity (Wildman–Crippen MR) is 101 cm³/mol. The molecule has 3 rings (SSSR count). The van der Waals surface area contributed by atoms with Gasteiger partial charge >= 0.3 is 0 Å². The molecule has 0 amide bonds. The monoisotopic (exact) mass is 375 g/mol. The highest BCUT2D eigenvalue weighted by atomic mass is 32.2. The number of aromatic nitrogens is 5. The Labute approximate surface area is 154 Å². The summed E-state index contributed by atoms with van der Waals surface area (Å²) in [6.45, 7) is 4.09. The van der Waals surface area contributed by atoms with Crippen LogP contribution in [0.5, 0.6) is 0 Å². The van der Waals surface area contributed by atoms with Gasteiger partial charge in [0.1, 0.15) is 10.9 Å². The van der Waals surface area contributed by atoms with Gasteiger partial charge in [-0.2, -0.15) is 5.10 Å². The Balaban J connectivity index is 1.82. The van der Waals surface area contributed by atoms with Crippen LogP contribution in [-0.2, 0) is 5.75 Å². The molecule has 0 saturated carbocycles. The van der Waals surface area contributed by atoms with Crippen molar-refractivity contribution in [3.8, 4) is 5.69 Å². The molecule has 0 aliphatic heterocycles. The Bertz CT molecular complexity index is 873. The molecule has 5 nitrogen and oxygen atoms in total. The van der Waals surface area contributed by atoms with Crippen molar-refractivity contribution in [1.29, 1.82) is 0 Å². The highest BCUT2D eigenvalue weighted by molar-refractivity contribution is 7.99. The van der Waals surface area contributed by atoms with Crippen molar-refractivity contribution >= 4 is 35.7 Å². The normalized spacial score (nSPS) is 10.9. The number of hydrogen-bond donors (Lipinski definition) is 1. The third-order valence-electron chi connectivity index (χ3n) is 3.19. The second-order valence-electron chi connectivity index (χ2n) is 4.97. The zero-order valence-electron chi connectivity index (χ0n) is 13.4. The molecule has 0 atom stereocenters. The van der Waals surface area contributed by atoms with Crippen molar-refractivity contribution in [2.24, 2.45) is 0 Å². The van der Waals surface area contributed by atoms with Gasteiger partial charge in [0.2, 0.25) is 0 Å². The predicted octanol–water partition coefficient (Wildman–Crippen LogP) is 4.43. The molecular formula is C16H17N5S3. The van der Waals surface area contributed by atoms with Crippen LogP contribution in [0.15, 0.2) is 46.6 Å². The summed E-state index contributed by atoms with van der Waals surface area (Å²) in [7, 11) is 0. The molecule has 0 radical (unpaired) electrons. The maximum absolute atomic E-state index is 5.37. The van der Waals surface area contributed by atoms with Gasteiger partial charge in [-0.3, -0.25) is 9.67 Å². The van der Waals surface area contributed by atoms with Gasteiger partial charge in [0, 0.05) is 11.4 Å². The van der Waals surface area contributed by atoms with Gasteiger partial charge in [0.15, 0.2) is 9.93 Å². The molecule has 0 bridgehead atoms. The minimum Gasteiger partial charge on any atom is -0.271 e. The SMILES string of the molecule is CCSc1nc(C)cc(SCc2n[nH]c(=S)n2-c2ccccc2)n1. The van der Waals surface area contributed by atoms with Crippen molar-refractivity contribution in [3.05, 3.63) is 52.7 Å². The fourth-order valence-corrected chi connectivity index (χ4v) is 4.01. The summed E-state index contributed by atoms with van der Waals surface area (Å²) in [5.74, 6) is 2.51. The Morgan fingerprint density at radius 1 is 1.17 bits per heavy atom. The molecule has 1 aromatic carbocycles. The van der Waals surface area contributed by atoms with Gasteiger partial charge in [-0.15, -0.1) is 0 Å². The summed E-state index contributed by atoms with van der Waals surface area (Å²) in [5.41, 5.74) is 1.98. The molecule has 24 heavy (non-hydrogen) atoms. The highest BCUT2D eigenvalue weighted by Crippen LogP contribution is 2.24. The van der Waals surface area contributed by atoms with Crippen LogP contribution in [0.1, 0.15) is 18.4 Å². The number of nitrogens with one attached hydrogen (secondary N) is 1. The van der Waals surface area contributed by atoms with Gasteiger partial charge in [-0.1, -0.05) is 48.6 Å². The van der Waals surface area contributed by atoms with Crippen LogP contribution in [0.25, 0.3) is 5.69 Å². The quantitative estimate of drug-likeness (QED) is 0.298. The molecule has 124 valence electrons. The zero-order valence-corrected chi connectivity index (χ0v) is 15.8. The molecule has 0 unspecified atom stereocenters. The number of benzene rings is 1. The molecule has 2 aromatic heterocycles. The number of nitrogens with zero attached hydrogens (tertiary/aromatic N) is 4. The average molecular weight is 376 g/mol. The lowest BCUT2D eigenvalue weighted by Gasteiger charge is -2.07. The first-order valence-electron chi connectivity index (χ1n) is 7.50. The van der Waals surface area contributed by atoms with Crippen molar-refractivity contribution < 1.29 is 0 Å². The summed E-state index contributed by atoms with van der Waals surface area (Å²) in [5, 5.41) is 9.02. The summed E-state index contributed by atoms with van der Waals surface area (Å²) >= 11 is 8.65. The van der Waals surface area contributed by atoms with E-state index in [0.717, 1.165) is 33.1 Å². The molecule has 2 heterocycles. The van der Waals surface area contributed by atoms with Crippen molar-refractivity contribution in [2.75, 3.05) is 5.75 Å². The van der Waals surface area contributed by atoms with Gasteiger partial charge in [-0.05, 0) is 43.1 Å². The van der Waals surface area contributed by atoms with Crippen molar-refractivity contribution in [3.63, 3.8) is 0 Å². The number of hydrogen-bond acceptors (Lipinski definition) is 6. The fourth-order valence-electron chi connectivity index (χ4n) is 2.19. The third kappa shape index (κ3) is 4.06. The lowest BCUT2D eigenvalue weighted by atomic mass is 10.3. The van der Waals surface area contributed by atoms with E-state index >= 15 is 0 Å². The van der Waals surface area contributed by atoms with E-state index < -0.39 is 0 Å². The van der Waals surface area contributed by atoms with Gasteiger partial charge in [0.05, 0.1) is 5.75 Å². The van der Waals surface area contributed by atoms with Crippen LogP contribution in [0.4, 0.5) is 0 Å². The second kappa shape index (κ2) is 7.96. The number of para-hydroxylation sites is 1. The molecular weight excluding hydrogens is 358 g/mol. The molecule has 0 spiro atoms. The van der Waals surface area contributed by atoms with E-state index in [2.05, 4.69) is 27.1 Å². The number of thioether (sulfide) groups is 2. The first-order valence-corrected chi connectivity index (χ1v) is 9.88. The zero-order chi connectivity index (χ0) is 16.9.